The Morgan fingerprint density at radius 1 is 1.16 bits per heavy atom. The summed E-state index contributed by atoms with van der Waals surface area (Å²) in [4.78, 5) is 17.1. The van der Waals surface area contributed by atoms with Gasteiger partial charge in [-0.3, -0.25) is 4.90 Å². The van der Waals surface area contributed by atoms with E-state index in [1.807, 2.05) is 11.8 Å². The van der Waals surface area contributed by atoms with Gasteiger partial charge in [0, 0.05) is 31.1 Å². The van der Waals surface area contributed by atoms with E-state index in [9.17, 15) is 13.6 Å². The van der Waals surface area contributed by atoms with Gasteiger partial charge in [-0.05, 0) is 56.0 Å². The molecule has 4 aliphatic rings. The second-order valence-electron chi connectivity index (χ2n) is 7.55. The number of nitrogens with zero attached hydrogens (tertiary/aromatic N) is 2. The van der Waals surface area contributed by atoms with Gasteiger partial charge >= 0.3 is 6.03 Å². The van der Waals surface area contributed by atoms with Gasteiger partial charge in [0.1, 0.15) is 11.6 Å². The van der Waals surface area contributed by atoms with Gasteiger partial charge in [-0.25, -0.2) is 13.6 Å². The van der Waals surface area contributed by atoms with E-state index in [4.69, 9.17) is 0 Å². The molecule has 4 heterocycles. The average molecular weight is 349 g/mol. The highest BCUT2D eigenvalue weighted by molar-refractivity contribution is 5.75. The first-order valence-corrected chi connectivity index (χ1v) is 9.33. The molecule has 0 saturated carbocycles. The summed E-state index contributed by atoms with van der Waals surface area (Å²) in [5, 5.41) is 2.98. The van der Waals surface area contributed by atoms with E-state index in [-0.39, 0.29) is 24.0 Å². The molecule has 3 atom stereocenters. The first-order chi connectivity index (χ1) is 12.1. The second-order valence-corrected chi connectivity index (χ2v) is 7.55. The summed E-state index contributed by atoms with van der Waals surface area (Å²) in [7, 11) is 0. The number of piperidine rings is 3. The summed E-state index contributed by atoms with van der Waals surface area (Å²) in [6.07, 6.45) is 3.09. The van der Waals surface area contributed by atoms with Crippen molar-refractivity contribution in [2.75, 3.05) is 26.2 Å². The number of rotatable bonds is 3. The maximum atomic E-state index is 13.8. The number of amides is 2. The highest BCUT2D eigenvalue weighted by Crippen LogP contribution is 2.46. The van der Waals surface area contributed by atoms with Crippen LogP contribution < -0.4 is 5.32 Å². The van der Waals surface area contributed by atoms with Crippen molar-refractivity contribution >= 4 is 6.03 Å². The molecule has 0 radical (unpaired) electrons. The quantitative estimate of drug-likeness (QED) is 0.911. The van der Waals surface area contributed by atoms with Gasteiger partial charge < -0.3 is 10.2 Å². The molecule has 4 saturated heterocycles. The topological polar surface area (TPSA) is 35.6 Å². The maximum absolute atomic E-state index is 13.8. The Balaban J connectivity index is 1.67. The number of hydrogen-bond acceptors (Lipinski definition) is 2. The Bertz CT molecular complexity index is 640. The lowest BCUT2D eigenvalue weighted by Gasteiger charge is -2.51. The highest BCUT2D eigenvalue weighted by atomic mass is 19.1. The van der Waals surface area contributed by atoms with E-state index in [1.54, 1.807) is 0 Å². The van der Waals surface area contributed by atoms with Gasteiger partial charge in [0.05, 0.1) is 6.04 Å². The Hall–Kier alpha value is -1.69. The number of fused-ring (bicyclic) bond motifs is 2. The number of nitrogens with one attached hydrogen (secondary N) is 1. The van der Waals surface area contributed by atoms with Crippen LogP contribution in [0.4, 0.5) is 13.6 Å². The first kappa shape index (κ1) is 16.8. The molecule has 2 amide bonds. The monoisotopic (exact) mass is 349 g/mol. The third-order valence-electron chi connectivity index (χ3n) is 6.09. The highest BCUT2D eigenvalue weighted by Gasteiger charge is 2.54. The van der Waals surface area contributed by atoms with Crippen LogP contribution in [0.1, 0.15) is 37.7 Å². The lowest BCUT2D eigenvalue weighted by Crippen LogP contribution is -2.61. The van der Waals surface area contributed by atoms with Crippen LogP contribution in [0, 0.1) is 17.6 Å². The van der Waals surface area contributed by atoms with Crippen LogP contribution in [0.5, 0.6) is 0 Å². The summed E-state index contributed by atoms with van der Waals surface area (Å²) in [5.74, 6) is -0.635. The third-order valence-corrected chi connectivity index (χ3v) is 6.09. The fourth-order valence-electron chi connectivity index (χ4n) is 5.07. The van der Waals surface area contributed by atoms with Gasteiger partial charge in [0.15, 0.2) is 0 Å². The summed E-state index contributed by atoms with van der Waals surface area (Å²) in [5.41, 5.74) is 0.672. The molecular formula is C19H25F2N3O. The molecule has 4 nitrogen and oxygen atoms in total. The molecule has 25 heavy (non-hydrogen) atoms. The van der Waals surface area contributed by atoms with Gasteiger partial charge in [0.25, 0.3) is 0 Å². The fourth-order valence-corrected chi connectivity index (χ4v) is 5.07. The number of carbonyl (C=O) groups excluding carboxylic acids is 1. The molecule has 1 aromatic carbocycles. The molecule has 4 aliphatic heterocycles. The smallest absolute Gasteiger partial charge is 0.317 e. The molecule has 1 aromatic rings. The molecule has 2 bridgehead atoms. The lowest BCUT2D eigenvalue weighted by atomic mass is 9.75. The van der Waals surface area contributed by atoms with Crippen molar-refractivity contribution in [2.24, 2.45) is 5.92 Å². The molecule has 6 heteroatoms. The van der Waals surface area contributed by atoms with Crippen LogP contribution in [-0.4, -0.2) is 54.1 Å². The van der Waals surface area contributed by atoms with E-state index >= 15 is 0 Å². The largest absolute Gasteiger partial charge is 0.338 e. The average Bonchev–Trinajstić information content (AvgIpc) is 3.03. The van der Waals surface area contributed by atoms with E-state index in [0.717, 1.165) is 38.4 Å². The van der Waals surface area contributed by atoms with Crippen LogP contribution in [0.15, 0.2) is 18.2 Å². The lowest BCUT2D eigenvalue weighted by molar-refractivity contribution is 0.00353. The van der Waals surface area contributed by atoms with E-state index in [1.165, 1.54) is 12.1 Å². The first-order valence-electron chi connectivity index (χ1n) is 9.33. The van der Waals surface area contributed by atoms with Crippen molar-refractivity contribution in [1.82, 2.24) is 15.1 Å². The second kappa shape index (κ2) is 6.56. The zero-order chi connectivity index (χ0) is 17.6. The minimum absolute atomic E-state index is 0.0364. The van der Waals surface area contributed by atoms with Gasteiger partial charge in [-0.1, -0.05) is 6.92 Å². The summed E-state index contributed by atoms with van der Waals surface area (Å²) < 4.78 is 27.5. The molecule has 0 unspecified atom stereocenters. The number of hydrogen-bond donors (Lipinski definition) is 1. The number of carbonyl (C=O) groups is 1. The zero-order valence-electron chi connectivity index (χ0n) is 14.5. The van der Waals surface area contributed by atoms with Crippen molar-refractivity contribution in [3.8, 4) is 0 Å². The summed E-state index contributed by atoms with van der Waals surface area (Å²) in [6.45, 7) is 5.25. The molecular weight excluding hydrogens is 324 g/mol. The molecule has 0 aromatic heterocycles. The van der Waals surface area contributed by atoms with Gasteiger partial charge in [0.2, 0.25) is 0 Å². The molecule has 5 rings (SSSR count). The zero-order valence-corrected chi connectivity index (χ0v) is 14.5. The number of likely N-dealkylation sites (tertiary alicyclic amines) is 1. The standard InChI is InChI=1S/C19H25F2N3O/c1-2-5-22-19(25)24-11-16(13-8-14(20)10-15(21)9-13)18-17(24)12-3-6-23(18)7-4-12/h8-10,12,16-18H,2-7,11H2,1H3,(H,22,25)/t16-,17+,18+/m0/s1. The molecule has 0 aliphatic carbocycles. The van der Waals surface area contributed by atoms with E-state index in [0.29, 0.717) is 24.6 Å². The fraction of sp³-hybridized carbons (Fsp3) is 0.632. The van der Waals surface area contributed by atoms with Gasteiger partial charge in [-0.2, -0.15) is 0 Å². The minimum atomic E-state index is -0.545. The van der Waals surface area contributed by atoms with Crippen molar-refractivity contribution in [3.63, 3.8) is 0 Å². The molecule has 136 valence electrons. The van der Waals surface area contributed by atoms with Crippen molar-refractivity contribution < 1.29 is 13.6 Å². The molecule has 4 fully saturated rings. The molecule has 0 spiro atoms. The van der Waals surface area contributed by atoms with Crippen LogP contribution in [0.2, 0.25) is 0 Å². The van der Waals surface area contributed by atoms with Crippen LogP contribution in [0.3, 0.4) is 0 Å². The van der Waals surface area contributed by atoms with E-state index in [2.05, 4.69) is 10.2 Å². The molecule has 1 N–H and O–H groups in total. The summed E-state index contributed by atoms with van der Waals surface area (Å²) in [6, 6.07) is 4.06. The predicted molar refractivity (Wildman–Crippen MR) is 91.4 cm³/mol. The van der Waals surface area contributed by atoms with Crippen molar-refractivity contribution in [3.05, 3.63) is 35.4 Å². The number of halogens is 2. The van der Waals surface area contributed by atoms with Crippen LogP contribution in [-0.2, 0) is 0 Å². The Morgan fingerprint density at radius 3 is 2.48 bits per heavy atom. The van der Waals surface area contributed by atoms with Crippen LogP contribution >= 0.6 is 0 Å². The van der Waals surface area contributed by atoms with Crippen molar-refractivity contribution in [1.29, 1.82) is 0 Å². The predicted octanol–water partition coefficient (Wildman–Crippen LogP) is 2.95. The Kier molecular flexibility index (Phi) is 4.40. The van der Waals surface area contributed by atoms with Gasteiger partial charge in [-0.15, -0.1) is 0 Å². The number of benzene rings is 1. The Labute approximate surface area is 147 Å². The Morgan fingerprint density at radius 2 is 1.84 bits per heavy atom. The summed E-state index contributed by atoms with van der Waals surface area (Å²) >= 11 is 0. The van der Waals surface area contributed by atoms with Crippen molar-refractivity contribution in [2.45, 2.75) is 44.2 Å². The SMILES string of the molecule is CCCNC(=O)N1C[C@@H](c2cc(F)cc(F)c2)[C@@H]2[C@H]1C1CCN2CC1. The number of urea groups is 1. The minimum Gasteiger partial charge on any atom is -0.338 e. The van der Waals surface area contributed by atoms with E-state index < -0.39 is 11.6 Å². The third kappa shape index (κ3) is 2.90. The van der Waals surface area contributed by atoms with Crippen LogP contribution in [0.25, 0.3) is 0 Å². The maximum Gasteiger partial charge on any atom is 0.317 e. The normalized spacial score (nSPS) is 33.4.